The van der Waals surface area contributed by atoms with Crippen molar-refractivity contribution in [1.82, 2.24) is 9.13 Å². The standard InChI is InChI=1S/C16H13N3O6S/c1-18-11-5-3-9(7-13(11)24-15(18)20)17-26(22,23)10-4-6-12-14(8-10)25-16(21)19(12)2/h3-8,17H,1-2H3. The second kappa shape index (κ2) is 5.36. The van der Waals surface area contributed by atoms with Crippen LogP contribution in [0.3, 0.4) is 0 Å². The third kappa shape index (κ3) is 2.42. The zero-order valence-electron chi connectivity index (χ0n) is 13.7. The molecule has 2 aromatic heterocycles. The molecular formula is C16H13N3O6S. The Balaban J connectivity index is 1.75. The number of oxazole rings is 2. The number of nitrogens with one attached hydrogen (secondary N) is 1. The largest absolute Gasteiger partial charge is 0.419 e. The average molecular weight is 375 g/mol. The van der Waals surface area contributed by atoms with Gasteiger partial charge in [-0.05, 0) is 24.3 Å². The fourth-order valence-electron chi connectivity index (χ4n) is 2.69. The Hall–Kier alpha value is -3.27. The van der Waals surface area contributed by atoms with Gasteiger partial charge < -0.3 is 8.83 Å². The van der Waals surface area contributed by atoms with Crippen molar-refractivity contribution < 1.29 is 17.3 Å². The maximum atomic E-state index is 12.6. The summed E-state index contributed by atoms with van der Waals surface area (Å²) in [6, 6.07) is 8.68. The van der Waals surface area contributed by atoms with E-state index in [4.69, 9.17) is 8.83 Å². The Morgan fingerprint density at radius 2 is 1.38 bits per heavy atom. The van der Waals surface area contributed by atoms with Crippen LogP contribution in [-0.4, -0.2) is 17.6 Å². The fourth-order valence-corrected chi connectivity index (χ4v) is 3.76. The summed E-state index contributed by atoms with van der Waals surface area (Å²) in [5, 5.41) is 0. The highest BCUT2D eigenvalue weighted by Crippen LogP contribution is 2.23. The number of hydrogen-bond donors (Lipinski definition) is 1. The number of fused-ring (bicyclic) bond motifs is 2. The van der Waals surface area contributed by atoms with Crippen molar-refractivity contribution in [3.05, 3.63) is 57.5 Å². The van der Waals surface area contributed by atoms with Gasteiger partial charge >= 0.3 is 11.5 Å². The number of nitrogens with zero attached hydrogens (tertiary/aromatic N) is 2. The SMILES string of the molecule is Cn1c(=O)oc2cc(NS(=O)(=O)c3ccc4c(c3)oc(=O)n4C)ccc21. The molecule has 0 aliphatic carbocycles. The van der Waals surface area contributed by atoms with Crippen LogP contribution in [0, 0.1) is 0 Å². The van der Waals surface area contributed by atoms with E-state index in [0.29, 0.717) is 11.0 Å². The summed E-state index contributed by atoms with van der Waals surface area (Å²) in [7, 11) is -0.841. The lowest BCUT2D eigenvalue weighted by molar-refractivity contribution is 0.527. The van der Waals surface area contributed by atoms with Gasteiger partial charge in [0, 0.05) is 26.2 Å². The van der Waals surface area contributed by atoms with Crippen LogP contribution in [0.25, 0.3) is 22.2 Å². The number of rotatable bonds is 3. The van der Waals surface area contributed by atoms with Gasteiger partial charge in [0.05, 0.1) is 21.6 Å². The monoisotopic (exact) mass is 375 g/mol. The van der Waals surface area contributed by atoms with Crippen molar-refractivity contribution in [2.45, 2.75) is 4.90 Å². The van der Waals surface area contributed by atoms with Crippen LogP contribution in [0.1, 0.15) is 0 Å². The molecule has 0 saturated heterocycles. The topological polar surface area (TPSA) is 116 Å². The minimum absolute atomic E-state index is 0.0611. The summed E-state index contributed by atoms with van der Waals surface area (Å²) in [6.45, 7) is 0. The molecule has 4 aromatic rings. The van der Waals surface area contributed by atoms with Crippen molar-refractivity contribution in [2.24, 2.45) is 14.1 Å². The third-order valence-electron chi connectivity index (χ3n) is 4.12. The molecule has 0 atom stereocenters. The molecule has 1 N–H and O–H groups in total. The van der Waals surface area contributed by atoms with E-state index in [2.05, 4.69) is 4.72 Å². The summed E-state index contributed by atoms with van der Waals surface area (Å²) in [4.78, 5) is 23.0. The lowest BCUT2D eigenvalue weighted by Gasteiger charge is -2.08. The Morgan fingerprint density at radius 1 is 0.846 bits per heavy atom. The highest BCUT2D eigenvalue weighted by Gasteiger charge is 2.18. The van der Waals surface area contributed by atoms with Gasteiger partial charge in [0.1, 0.15) is 0 Å². The maximum absolute atomic E-state index is 12.6. The molecule has 0 aliphatic heterocycles. The number of benzene rings is 2. The van der Waals surface area contributed by atoms with Crippen LogP contribution < -0.4 is 16.2 Å². The highest BCUT2D eigenvalue weighted by molar-refractivity contribution is 7.92. The molecule has 0 bridgehead atoms. The molecule has 0 spiro atoms. The van der Waals surface area contributed by atoms with Crippen molar-refractivity contribution in [2.75, 3.05) is 4.72 Å². The number of sulfonamides is 1. The molecule has 0 aliphatic rings. The van der Waals surface area contributed by atoms with E-state index in [1.807, 2.05) is 0 Å². The first-order chi connectivity index (χ1) is 12.3. The van der Waals surface area contributed by atoms with Crippen molar-refractivity contribution in [1.29, 1.82) is 0 Å². The van der Waals surface area contributed by atoms with Gasteiger partial charge in [-0.1, -0.05) is 0 Å². The normalized spacial score (nSPS) is 12.1. The molecule has 0 unspecified atom stereocenters. The second-order valence-electron chi connectivity index (χ2n) is 5.77. The first-order valence-electron chi connectivity index (χ1n) is 7.48. The van der Waals surface area contributed by atoms with Gasteiger partial charge in [-0.2, -0.15) is 0 Å². The predicted octanol–water partition coefficient (Wildman–Crippen LogP) is 1.38. The molecule has 0 saturated carbocycles. The smallest absolute Gasteiger partial charge is 0.408 e. The van der Waals surface area contributed by atoms with Crippen LogP contribution in [0.2, 0.25) is 0 Å². The molecule has 0 fully saturated rings. The van der Waals surface area contributed by atoms with Gasteiger partial charge in [-0.25, -0.2) is 18.0 Å². The Morgan fingerprint density at radius 3 is 2.00 bits per heavy atom. The average Bonchev–Trinajstić information content (AvgIpc) is 3.03. The number of anilines is 1. The number of aryl methyl sites for hydroxylation is 2. The van der Waals surface area contributed by atoms with E-state index < -0.39 is 21.5 Å². The van der Waals surface area contributed by atoms with Gasteiger partial charge in [0.15, 0.2) is 11.2 Å². The lowest BCUT2D eigenvalue weighted by atomic mass is 10.3. The summed E-state index contributed by atoms with van der Waals surface area (Å²) in [6.07, 6.45) is 0. The van der Waals surface area contributed by atoms with Gasteiger partial charge in [0.25, 0.3) is 10.0 Å². The van der Waals surface area contributed by atoms with E-state index in [0.717, 1.165) is 0 Å². The van der Waals surface area contributed by atoms with E-state index in [1.54, 1.807) is 13.1 Å². The van der Waals surface area contributed by atoms with Gasteiger partial charge in [0.2, 0.25) is 0 Å². The Labute approximate surface area is 146 Å². The fraction of sp³-hybridized carbons (Fsp3) is 0.125. The Kier molecular flexibility index (Phi) is 3.34. The van der Waals surface area contributed by atoms with Crippen LogP contribution in [0.15, 0.2) is 59.7 Å². The summed E-state index contributed by atoms with van der Waals surface area (Å²) >= 11 is 0. The van der Waals surface area contributed by atoms with Crippen LogP contribution in [0.5, 0.6) is 0 Å². The molecule has 0 amide bonds. The summed E-state index contributed by atoms with van der Waals surface area (Å²) in [5.74, 6) is -1.11. The zero-order chi connectivity index (χ0) is 18.6. The third-order valence-corrected chi connectivity index (χ3v) is 5.50. The minimum Gasteiger partial charge on any atom is -0.408 e. The molecule has 10 heteroatoms. The van der Waals surface area contributed by atoms with Crippen LogP contribution in [-0.2, 0) is 24.1 Å². The maximum Gasteiger partial charge on any atom is 0.419 e. The number of hydrogen-bond acceptors (Lipinski definition) is 6. The lowest BCUT2D eigenvalue weighted by Crippen LogP contribution is -2.13. The molecule has 4 rings (SSSR count). The molecule has 2 heterocycles. The molecule has 9 nitrogen and oxygen atoms in total. The second-order valence-corrected chi connectivity index (χ2v) is 7.45. The van der Waals surface area contributed by atoms with Gasteiger partial charge in [-0.15, -0.1) is 0 Å². The minimum atomic E-state index is -3.93. The van der Waals surface area contributed by atoms with E-state index >= 15 is 0 Å². The highest BCUT2D eigenvalue weighted by atomic mass is 32.2. The van der Waals surface area contributed by atoms with Gasteiger partial charge in [-0.3, -0.25) is 13.9 Å². The zero-order valence-corrected chi connectivity index (χ0v) is 14.5. The molecular weight excluding hydrogens is 362 g/mol. The van der Waals surface area contributed by atoms with Crippen molar-refractivity contribution >= 4 is 37.9 Å². The molecule has 26 heavy (non-hydrogen) atoms. The Bertz CT molecular complexity index is 1390. The summed E-state index contributed by atoms with van der Waals surface area (Å²) < 4.78 is 40.3. The van der Waals surface area contributed by atoms with E-state index in [9.17, 15) is 18.0 Å². The van der Waals surface area contributed by atoms with Crippen LogP contribution in [0.4, 0.5) is 5.69 Å². The molecule has 0 radical (unpaired) electrons. The quantitative estimate of drug-likeness (QED) is 0.578. The predicted molar refractivity (Wildman–Crippen MR) is 93.7 cm³/mol. The first-order valence-corrected chi connectivity index (χ1v) is 8.96. The number of aromatic nitrogens is 2. The van der Waals surface area contributed by atoms with E-state index in [1.165, 1.54) is 46.5 Å². The molecule has 134 valence electrons. The van der Waals surface area contributed by atoms with Crippen LogP contribution >= 0.6 is 0 Å². The first kappa shape index (κ1) is 16.2. The van der Waals surface area contributed by atoms with Crippen molar-refractivity contribution in [3.8, 4) is 0 Å². The molecule has 2 aromatic carbocycles. The van der Waals surface area contributed by atoms with Crippen molar-refractivity contribution in [3.63, 3.8) is 0 Å². The summed E-state index contributed by atoms with van der Waals surface area (Å²) in [5.41, 5.74) is 1.71. The van der Waals surface area contributed by atoms with E-state index in [-0.39, 0.29) is 21.7 Å².